The van der Waals surface area contributed by atoms with E-state index >= 15 is 0 Å². The van der Waals surface area contributed by atoms with Crippen LogP contribution in [0.3, 0.4) is 0 Å². The Morgan fingerprint density at radius 3 is 2.81 bits per heavy atom. The molecule has 2 rings (SSSR count). The second-order valence-corrected chi connectivity index (χ2v) is 4.30. The Hall–Kier alpha value is -0.800. The zero-order chi connectivity index (χ0) is 11.5. The number of halogens is 2. The van der Waals surface area contributed by atoms with Crippen LogP contribution in [0.25, 0.3) is 11.2 Å². The van der Waals surface area contributed by atoms with E-state index in [1.807, 2.05) is 6.07 Å². The first kappa shape index (κ1) is 11.7. The molecule has 0 saturated carbocycles. The highest BCUT2D eigenvalue weighted by Crippen LogP contribution is 2.19. The van der Waals surface area contributed by atoms with Gasteiger partial charge >= 0.3 is 0 Å². The van der Waals surface area contributed by atoms with Crippen molar-refractivity contribution in [3.05, 3.63) is 23.1 Å². The minimum absolute atomic E-state index is 0.400. The lowest BCUT2D eigenvalue weighted by Gasteiger charge is -2.05. The molecule has 2 heterocycles. The number of nitrogens with zero attached hydrogens (tertiary/aromatic N) is 3. The van der Waals surface area contributed by atoms with Crippen molar-refractivity contribution >= 4 is 34.4 Å². The summed E-state index contributed by atoms with van der Waals surface area (Å²) in [5.41, 5.74) is 1.69. The first-order valence-corrected chi connectivity index (χ1v) is 6.25. The van der Waals surface area contributed by atoms with E-state index in [1.165, 1.54) is 0 Å². The molecule has 16 heavy (non-hydrogen) atoms. The van der Waals surface area contributed by atoms with E-state index in [1.54, 1.807) is 6.07 Å². The summed E-state index contributed by atoms with van der Waals surface area (Å²) < 4.78 is 2.12. The smallest absolute Gasteiger partial charge is 0.179 e. The van der Waals surface area contributed by atoms with Crippen LogP contribution in [0.1, 0.15) is 25.6 Å². The Morgan fingerprint density at radius 2 is 2.12 bits per heavy atom. The van der Waals surface area contributed by atoms with Crippen LogP contribution in [-0.4, -0.2) is 14.5 Å². The van der Waals surface area contributed by atoms with Gasteiger partial charge in [-0.1, -0.05) is 24.9 Å². The van der Waals surface area contributed by atoms with Gasteiger partial charge in [-0.05, 0) is 18.6 Å². The number of aryl methyl sites for hydroxylation is 1. The average Bonchev–Trinajstić information content (AvgIpc) is 2.63. The van der Waals surface area contributed by atoms with Crippen molar-refractivity contribution in [1.82, 2.24) is 14.5 Å². The molecule has 0 unspecified atom stereocenters. The third kappa shape index (κ3) is 2.15. The van der Waals surface area contributed by atoms with Crippen molar-refractivity contribution in [3.63, 3.8) is 0 Å². The van der Waals surface area contributed by atoms with Crippen LogP contribution >= 0.6 is 23.2 Å². The second-order valence-electron chi connectivity index (χ2n) is 3.64. The van der Waals surface area contributed by atoms with Crippen molar-refractivity contribution in [1.29, 1.82) is 0 Å². The van der Waals surface area contributed by atoms with E-state index in [2.05, 4.69) is 21.5 Å². The van der Waals surface area contributed by atoms with Crippen molar-refractivity contribution < 1.29 is 0 Å². The number of imidazole rings is 1. The molecule has 5 heteroatoms. The van der Waals surface area contributed by atoms with Crippen LogP contribution in [0, 0.1) is 0 Å². The lowest BCUT2D eigenvalue weighted by molar-refractivity contribution is 0.628. The van der Waals surface area contributed by atoms with E-state index in [-0.39, 0.29) is 0 Å². The summed E-state index contributed by atoms with van der Waals surface area (Å²) in [5, 5.41) is 0.466. The quantitative estimate of drug-likeness (QED) is 0.619. The lowest BCUT2D eigenvalue weighted by atomic mass is 10.3. The van der Waals surface area contributed by atoms with Gasteiger partial charge in [0.1, 0.15) is 11.0 Å². The second kappa shape index (κ2) is 5.02. The molecule has 0 fully saturated rings. The maximum atomic E-state index is 5.88. The number of unbranched alkanes of at least 4 members (excludes halogenated alkanes) is 1. The van der Waals surface area contributed by atoms with Gasteiger partial charge in [0.15, 0.2) is 5.65 Å². The van der Waals surface area contributed by atoms with Crippen LogP contribution in [0.2, 0.25) is 5.15 Å². The van der Waals surface area contributed by atoms with Crippen LogP contribution in [0.5, 0.6) is 0 Å². The Bertz CT molecular complexity index is 493. The van der Waals surface area contributed by atoms with Crippen molar-refractivity contribution in [3.8, 4) is 0 Å². The van der Waals surface area contributed by atoms with Crippen LogP contribution in [-0.2, 0) is 12.4 Å². The predicted molar refractivity (Wildman–Crippen MR) is 67.0 cm³/mol. The molecule has 2 aromatic rings. The molecular formula is C11H13Cl2N3. The Kier molecular flexibility index (Phi) is 3.66. The van der Waals surface area contributed by atoms with E-state index in [0.29, 0.717) is 16.7 Å². The average molecular weight is 258 g/mol. The van der Waals surface area contributed by atoms with E-state index in [4.69, 9.17) is 23.2 Å². The summed E-state index contributed by atoms with van der Waals surface area (Å²) in [6.07, 6.45) is 2.25. The van der Waals surface area contributed by atoms with Gasteiger partial charge in [0.25, 0.3) is 0 Å². The maximum Gasteiger partial charge on any atom is 0.179 e. The zero-order valence-electron chi connectivity index (χ0n) is 9.08. The van der Waals surface area contributed by atoms with Gasteiger partial charge in [-0.25, -0.2) is 9.97 Å². The van der Waals surface area contributed by atoms with E-state index in [0.717, 1.165) is 30.7 Å². The summed E-state index contributed by atoms with van der Waals surface area (Å²) in [4.78, 5) is 8.57. The number of hydrogen-bond donors (Lipinski definition) is 0. The minimum Gasteiger partial charge on any atom is -0.326 e. The zero-order valence-corrected chi connectivity index (χ0v) is 10.6. The molecule has 0 aliphatic rings. The monoisotopic (exact) mass is 257 g/mol. The number of aromatic nitrogens is 3. The fourth-order valence-corrected chi connectivity index (χ4v) is 2.05. The molecule has 2 aromatic heterocycles. The van der Waals surface area contributed by atoms with Crippen molar-refractivity contribution in [2.75, 3.05) is 0 Å². The fourth-order valence-electron chi connectivity index (χ4n) is 1.70. The predicted octanol–water partition coefficient (Wildman–Crippen LogP) is 3.62. The molecule has 86 valence electrons. The summed E-state index contributed by atoms with van der Waals surface area (Å²) >= 11 is 11.7. The maximum absolute atomic E-state index is 5.88. The molecule has 0 atom stereocenters. The van der Waals surface area contributed by atoms with Gasteiger partial charge in [0.2, 0.25) is 0 Å². The molecule has 0 aromatic carbocycles. The Labute approximate surface area is 104 Å². The molecule has 0 aliphatic heterocycles. The number of rotatable bonds is 4. The van der Waals surface area contributed by atoms with E-state index in [9.17, 15) is 0 Å². The standard InChI is InChI=1S/C11H13Cl2N3/c1-2-3-6-16-8-4-5-9(13)14-11(8)15-10(16)7-12/h4-5H,2-3,6-7H2,1H3. The summed E-state index contributed by atoms with van der Waals surface area (Å²) in [5.74, 6) is 1.26. The molecule has 0 N–H and O–H groups in total. The summed E-state index contributed by atoms with van der Waals surface area (Å²) in [6, 6.07) is 3.73. The first-order valence-electron chi connectivity index (χ1n) is 5.34. The largest absolute Gasteiger partial charge is 0.326 e. The van der Waals surface area contributed by atoms with Crippen molar-refractivity contribution in [2.45, 2.75) is 32.2 Å². The van der Waals surface area contributed by atoms with Crippen LogP contribution < -0.4 is 0 Å². The molecule has 0 bridgehead atoms. The first-order chi connectivity index (χ1) is 7.76. The molecular weight excluding hydrogens is 245 g/mol. The third-order valence-corrected chi connectivity index (χ3v) is 2.96. The lowest BCUT2D eigenvalue weighted by Crippen LogP contribution is -2.02. The van der Waals surface area contributed by atoms with Crippen LogP contribution in [0.15, 0.2) is 12.1 Å². The normalized spacial score (nSPS) is 11.2. The van der Waals surface area contributed by atoms with Gasteiger partial charge in [-0.2, -0.15) is 0 Å². The van der Waals surface area contributed by atoms with Gasteiger partial charge in [-0.3, -0.25) is 0 Å². The number of pyridine rings is 1. The highest BCUT2D eigenvalue weighted by Gasteiger charge is 2.10. The Morgan fingerprint density at radius 1 is 1.31 bits per heavy atom. The highest BCUT2D eigenvalue weighted by molar-refractivity contribution is 6.29. The number of hydrogen-bond acceptors (Lipinski definition) is 2. The highest BCUT2D eigenvalue weighted by atomic mass is 35.5. The summed E-state index contributed by atoms with van der Waals surface area (Å²) in [7, 11) is 0. The molecule has 0 radical (unpaired) electrons. The van der Waals surface area contributed by atoms with Gasteiger partial charge < -0.3 is 4.57 Å². The van der Waals surface area contributed by atoms with Crippen molar-refractivity contribution in [2.24, 2.45) is 0 Å². The minimum atomic E-state index is 0.400. The van der Waals surface area contributed by atoms with Gasteiger partial charge in [0.05, 0.1) is 11.4 Å². The van der Waals surface area contributed by atoms with Crippen LogP contribution in [0.4, 0.5) is 0 Å². The molecule has 0 amide bonds. The molecule has 0 saturated heterocycles. The molecule has 0 spiro atoms. The fraction of sp³-hybridized carbons (Fsp3) is 0.455. The number of alkyl halides is 1. The SMILES string of the molecule is CCCCn1c(CCl)nc2nc(Cl)ccc21. The van der Waals surface area contributed by atoms with Gasteiger partial charge in [-0.15, -0.1) is 11.6 Å². The topological polar surface area (TPSA) is 30.7 Å². The molecule has 3 nitrogen and oxygen atoms in total. The third-order valence-electron chi connectivity index (χ3n) is 2.51. The molecule has 0 aliphatic carbocycles. The Balaban J connectivity index is 2.50. The van der Waals surface area contributed by atoms with Gasteiger partial charge in [0, 0.05) is 6.54 Å². The summed E-state index contributed by atoms with van der Waals surface area (Å²) in [6.45, 7) is 3.09. The van der Waals surface area contributed by atoms with E-state index < -0.39 is 0 Å². The number of fused-ring (bicyclic) bond motifs is 1.